The van der Waals surface area contributed by atoms with Gasteiger partial charge in [-0.1, -0.05) is 151 Å². The first kappa shape index (κ1) is 51.4. The maximum absolute atomic E-state index is 10.3. The molecule has 4 N–H and O–H groups in total. The van der Waals surface area contributed by atoms with Gasteiger partial charge in [-0.15, -0.1) is 11.6 Å². The highest BCUT2D eigenvalue weighted by molar-refractivity contribution is 6.18. The minimum Gasteiger partial charge on any atom is -0.508 e. The van der Waals surface area contributed by atoms with Crippen molar-refractivity contribution in [2.24, 2.45) is 0 Å². The molecule has 308 valence electrons. The van der Waals surface area contributed by atoms with Gasteiger partial charge in [-0.2, -0.15) is 0 Å². The normalized spacial score (nSPS) is 12.7. The number of phenols is 2. The van der Waals surface area contributed by atoms with Crippen molar-refractivity contribution in [3.8, 4) is 11.5 Å². The topological polar surface area (TPSA) is 128 Å². The van der Waals surface area contributed by atoms with E-state index in [4.69, 9.17) is 26.6 Å². The smallest absolute Gasteiger partial charge is 0.330 e. The van der Waals surface area contributed by atoms with Crippen molar-refractivity contribution in [2.45, 2.75) is 116 Å². The summed E-state index contributed by atoms with van der Waals surface area (Å²) in [6.07, 6.45) is 24.5. The molecule has 3 aromatic carbocycles. The molecule has 1 unspecified atom stereocenters. The van der Waals surface area contributed by atoms with Crippen molar-refractivity contribution >= 4 is 29.6 Å². The van der Waals surface area contributed by atoms with Crippen molar-refractivity contribution in [3.63, 3.8) is 0 Å². The summed E-state index contributed by atoms with van der Waals surface area (Å²) in [4.78, 5) is 19.9. The first-order valence-electron chi connectivity index (χ1n) is 19.6. The van der Waals surface area contributed by atoms with Gasteiger partial charge in [0.25, 0.3) is 0 Å². The molecule has 0 bridgehead atoms. The molecular formula is C48H67ClO7. The molecule has 1 aliphatic heterocycles. The van der Waals surface area contributed by atoms with E-state index in [2.05, 4.69) is 58.2 Å². The second-order valence-electron chi connectivity index (χ2n) is 13.9. The molecule has 1 fully saturated rings. The van der Waals surface area contributed by atoms with Crippen LogP contribution in [0.3, 0.4) is 0 Å². The SMILES string of the molecule is C=C(C)C(=O)O.C=Cc1ccccc1.CC(C)(c1ccc(O)cc1)c1ccc(O)cc1.CCCCC/C=C\C/C=C\CCCCCCCC(=O)O.ClCC1CO1. The molecule has 0 aromatic heterocycles. The molecule has 1 aliphatic rings. The second kappa shape index (κ2) is 32.6. The molecule has 0 radical (unpaired) electrons. The van der Waals surface area contributed by atoms with Gasteiger partial charge in [-0.05, 0) is 86.4 Å². The van der Waals surface area contributed by atoms with E-state index in [1.807, 2.05) is 60.7 Å². The Labute approximate surface area is 342 Å². The molecule has 0 saturated carbocycles. The summed E-state index contributed by atoms with van der Waals surface area (Å²) in [5, 5.41) is 35.0. The Bertz CT molecular complexity index is 1460. The zero-order valence-electron chi connectivity index (χ0n) is 34.2. The van der Waals surface area contributed by atoms with Gasteiger partial charge in [-0.3, -0.25) is 4.79 Å². The molecule has 0 aliphatic carbocycles. The standard InChI is InChI=1S/C18H32O2.C15H16O2.C8H8.C4H6O2.C3H5ClO/c1-2-3-4-5-6-7-8-9-10-11-12-13-14-15-16-17-18(19)20;1-15(2,11-3-7-13(16)8-4-11)12-5-9-14(17)10-6-12;1-2-8-6-4-3-5-7-8;1-3(2)4(5)6;4-1-3-2-5-3/h6-7,9-10H,2-5,8,11-17H2,1H3,(H,19,20);3-10,16-17H,1-2H3;2-7H,1H2;1H2,2H3,(H,5,6);3H,1-2H2/b7-6-,10-9-;;;;. The van der Waals surface area contributed by atoms with Gasteiger partial charge in [0.2, 0.25) is 0 Å². The number of epoxide rings is 1. The lowest BCUT2D eigenvalue weighted by molar-refractivity contribution is -0.137. The van der Waals surface area contributed by atoms with Crippen LogP contribution in [0, 0.1) is 0 Å². The van der Waals surface area contributed by atoms with Crippen molar-refractivity contribution < 1.29 is 34.8 Å². The van der Waals surface area contributed by atoms with Gasteiger partial charge < -0.3 is 25.2 Å². The second-order valence-corrected chi connectivity index (χ2v) is 14.2. The first-order chi connectivity index (χ1) is 26.8. The molecular weight excluding hydrogens is 724 g/mol. The third kappa shape index (κ3) is 28.8. The van der Waals surface area contributed by atoms with Crippen molar-refractivity contribution in [1.82, 2.24) is 0 Å². The van der Waals surface area contributed by atoms with E-state index >= 15 is 0 Å². The predicted octanol–water partition coefficient (Wildman–Crippen LogP) is 12.9. The number of carboxylic acids is 2. The number of phenolic OH excluding ortho intramolecular Hbond substituents is 2. The molecule has 56 heavy (non-hydrogen) atoms. The van der Waals surface area contributed by atoms with Crippen LogP contribution in [0.2, 0.25) is 0 Å². The van der Waals surface area contributed by atoms with Gasteiger partial charge in [0.15, 0.2) is 0 Å². The van der Waals surface area contributed by atoms with Crippen molar-refractivity contribution in [3.05, 3.63) is 139 Å². The number of aromatic hydroxyl groups is 2. The van der Waals surface area contributed by atoms with Gasteiger partial charge in [0.05, 0.1) is 18.6 Å². The maximum atomic E-state index is 10.3. The quantitative estimate of drug-likeness (QED) is 0.0313. The summed E-state index contributed by atoms with van der Waals surface area (Å²) in [7, 11) is 0. The van der Waals surface area contributed by atoms with Crippen molar-refractivity contribution in [1.29, 1.82) is 0 Å². The minimum absolute atomic E-state index is 0.151. The van der Waals surface area contributed by atoms with Gasteiger partial charge in [0, 0.05) is 17.4 Å². The van der Waals surface area contributed by atoms with Crippen LogP contribution < -0.4 is 0 Å². The summed E-state index contributed by atoms with van der Waals surface area (Å²) in [6, 6.07) is 24.5. The Morgan fingerprint density at radius 2 is 1.21 bits per heavy atom. The Kier molecular flexibility index (Phi) is 30.0. The Hall–Kier alpha value is -4.59. The fourth-order valence-corrected chi connectivity index (χ4v) is 4.93. The van der Waals surface area contributed by atoms with Crippen LogP contribution in [0.15, 0.2) is 122 Å². The van der Waals surface area contributed by atoms with Crippen LogP contribution in [-0.2, 0) is 19.7 Å². The summed E-state index contributed by atoms with van der Waals surface area (Å²) < 4.78 is 4.73. The Morgan fingerprint density at radius 3 is 1.57 bits per heavy atom. The molecule has 8 heteroatoms. The zero-order chi connectivity index (χ0) is 42.0. The summed E-state index contributed by atoms with van der Waals surface area (Å²) >= 11 is 5.27. The zero-order valence-corrected chi connectivity index (χ0v) is 34.9. The molecule has 1 atom stereocenters. The number of aliphatic carboxylic acids is 2. The molecule has 3 aromatic rings. The third-order valence-electron chi connectivity index (χ3n) is 8.49. The number of halogens is 1. The lowest BCUT2D eigenvalue weighted by Gasteiger charge is -2.26. The maximum Gasteiger partial charge on any atom is 0.330 e. The van der Waals surface area contributed by atoms with E-state index < -0.39 is 11.9 Å². The number of carbonyl (C=O) groups is 2. The number of hydrogen-bond donors (Lipinski definition) is 4. The van der Waals surface area contributed by atoms with E-state index in [-0.39, 0.29) is 22.5 Å². The van der Waals surface area contributed by atoms with Crippen molar-refractivity contribution in [2.75, 3.05) is 12.5 Å². The van der Waals surface area contributed by atoms with E-state index in [0.29, 0.717) is 18.4 Å². The average Bonchev–Trinajstić information content (AvgIpc) is 4.03. The fourth-order valence-electron chi connectivity index (χ4n) is 4.76. The van der Waals surface area contributed by atoms with Crippen LogP contribution in [0.5, 0.6) is 11.5 Å². The molecule has 7 nitrogen and oxygen atoms in total. The molecule has 4 rings (SSSR count). The molecule has 1 heterocycles. The van der Waals surface area contributed by atoms with E-state index in [0.717, 1.165) is 43.4 Å². The highest BCUT2D eigenvalue weighted by Crippen LogP contribution is 2.33. The number of benzene rings is 3. The highest BCUT2D eigenvalue weighted by atomic mass is 35.5. The van der Waals surface area contributed by atoms with Crippen LogP contribution in [-0.4, -0.2) is 51.0 Å². The summed E-state index contributed by atoms with van der Waals surface area (Å²) in [6.45, 7) is 15.6. The monoisotopic (exact) mass is 790 g/mol. The van der Waals surface area contributed by atoms with Crippen LogP contribution in [0.4, 0.5) is 0 Å². The van der Waals surface area contributed by atoms with E-state index in [1.54, 1.807) is 24.3 Å². The number of allylic oxidation sites excluding steroid dienone is 4. The molecule has 1 saturated heterocycles. The Balaban J connectivity index is 0.000000745. The molecule has 0 spiro atoms. The third-order valence-corrected chi connectivity index (χ3v) is 8.84. The number of hydrogen-bond acceptors (Lipinski definition) is 5. The van der Waals surface area contributed by atoms with E-state index in [9.17, 15) is 19.8 Å². The van der Waals surface area contributed by atoms with Gasteiger partial charge in [-0.25, -0.2) is 4.79 Å². The van der Waals surface area contributed by atoms with Crippen LogP contribution in [0.25, 0.3) is 6.08 Å². The number of alkyl halides is 1. The summed E-state index contributed by atoms with van der Waals surface area (Å²) in [5.41, 5.74) is 3.45. The largest absolute Gasteiger partial charge is 0.508 e. The lowest BCUT2D eigenvalue weighted by Crippen LogP contribution is -2.18. The lowest BCUT2D eigenvalue weighted by atomic mass is 9.78. The first-order valence-corrected chi connectivity index (χ1v) is 20.2. The van der Waals surface area contributed by atoms with E-state index in [1.165, 1.54) is 57.4 Å². The number of carboxylic acid groups (broad SMARTS) is 2. The predicted molar refractivity (Wildman–Crippen MR) is 235 cm³/mol. The highest BCUT2D eigenvalue weighted by Gasteiger charge is 2.23. The number of ether oxygens (including phenoxy) is 1. The Morgan fingerprint density at radius 1 is 0.768 bits per heavy atom. The minimum atomic E-state index is -0.935. The van der Waals surface area contributed by atoms with Crippen LogP contribution in [0.1, 0.15) is 121 Å². The summed E-state index contributed by atoms with van der Waals surface area (Å²) in [5.74, 6) is -0.392. The average molecular weight is 792 g/mol. The number of rotatable bonds is 19. The van der Waals surface area contributed by atoms with Gasteiger partial charge in [0.1, 0.15) is 11.5 Å². The molecule has 0 amide bonds. The fraction of sp³-hybridized carbons (Fsp3) is 0.417. The number of unbranched alkanes of at least 4 members (excludes halogenated alkanes) is 8. The van der Waals surface area contributed by atoms with Crippen LogP contribution >= 0.6 is 11.6 Å². The van der Waals surface area contributed by atoms with Gasteiger partial charge >= 0.3 is 11.9 Å².